The lowest BCUT2D eigenvalue weighted by atomic mass is 9.91. The van der Waals surface area contributed by atoms with E-state index in [-0.39, 0.29) is 24.9 Å². The van der Waals surface area contributed by atoms with Gasteiger partial charge in [-0.2, -0.15) is 0 Å². The van der Waals surface area contributed by atoms with E-state index in [0.29, 0.717) is 42.9 Å². The Balaban J connectivity index is 4.14. The van der Waals surface area contributed by atoms with Crippen LogP contribution < -0.4 is 10.6 Å². The van der Waals surface area contributed by atoms with Gasteiger partial charge in [0.15, 0.2) is 0 Å². The van der Waals surface area contributed by atoms with Crippen molar-refractivity contribution >= 4 is 11.8 Å². The van der Waals surface area contributed by atoms with Crippen molar-refractivity contribution in [2.24, 2.45) is 11.8 Å². The van der Waals surface area contributed by atoms with E-state index in [9.17, 15) is 14.1 Å². The molecule has 2 unspecified atom stereocenters. The molecule has 0 aliphatic heterocycles. The van der Waals surface area contributed by atoms with Crippen LogP contribution in [-0.2, 0) is 9.59 Å². The first kappa shape index (κ1) is 34.8. The summed E-state index contributed by atoms with van der Waals surface area (Å²) in [5, 5.41) is 6.47. The third-order valence-electron chi connectivity index (χ3n) is 7.17. The first-order valence-corrected chi connectivity index (χ1v) is 15.4. The van der Waals surface area contributed by atoms with E-state index in [0.717, 1.165) is 38.5 Å². The number of hydrogen-bond donors (Lipinski definition) is 2. The predicted molar refractivity (Wildman–Crippen MR) is 151 cm³/mol. The molecular formula is C30H60FN3O2. The molecule has 6 heteroatoms. The maximum absolute atomic E-state index is 14.2. The molecule has 0 radical (unpaired) electrons. The number of hydrogen-bond acceptors (Lipinski definition) is 3. The smallest absolute Gasteiger partial charge is 0.220 e. The van der Waals surface area contributed by atoms with E-state index in [1.54, 1.807) is 0 Å². The second-order valence-electron chi connectivity index (χ2n) is 10.7. The molecule has 214 valence electrons. The largest absolute Gasteiger partial charge is 0.355 e. The summed E-state index contributed by atoms with van der Waals surface area (Å²) in [5.41, 5.74) is 0. The van der Waals surface area contributed by atoms with E-state index in [1.807, 2.05) is 0 Å². The number of halogens is 1. The second-order valence-corrected chi connectivity index (χ2v) is 10.7. The summed E-state index contributed by atoms with van der Waals surface area (Å²) < 4.78 is 14.2. The Morgan fingerprint density at radius 3 is 1.36 bits per heavy atom. The molecule has 0 saturated carbocycles. The van der Waals surface area contributed by atoms with Crippen LogP contribution >= 0.6 is 0 Å². The van der Waals surface area contributed by atoms with Crippen LogP contribution in [0.1, 0.15) is 143 Å². The lowest BCUT2D eigenvalue weighted by Gasteiger charge is -2.18. The Labute approximate surface area is 223 Å². The van der Waals surface area contributed by atoms with Crippen LogP contribution in [0.3, 0.4) is 0 Å². The van der Waals surface area contributed by atoms with Crippen LogP contribution in [0.25, 0.3) is 0 Å². The molecule has 0 aromatic carbocycles. The van der Waals surface area contributed by atoms with Crippen LogP contribution in [0.2, 0.25) is 0 Å². The molecule has 0 saturated heterocycles. The third kappa shape index (κ3) is 22.1. The molecule has 0 spiro atoms. The minimum Gasteiger partial charge on any atom is -0.355 e. The van der Waals surface area contributed by atoms with E-state index in [1.165, 1.54) is 64.2 Å². The zero-order valence-corrected chi connectivity index (χ0v) is 24.4. The monoisotopic (exact) mass is 513 g/mol. The van der Waals surface area contributed by atoms with Crippen molar-refractivity contribution in [3.63, 3.8) is 0 Å². The SMILES string of the molecule is CCCCCCC(CCCCC)CC(=O)NCCN(F)CCNC(=O)CC(CCCC)CCCCC. The molecular weight excluding hydrogens is 453 g/mol. The molecule has 36 heavy (non-hydrogen) atoms. The number of amides is 2. The van der Waals surface area contributed by atoms with Crippen LogP contribution in [0.15, 0.2) is 0 Å². The normalized spacial score (nSPS) is 13.1. The zero-order valence-electron chi connectivity index (χ0n) is 24.4. The number of carbonyl (C=O) groups is 2. The highest BCUT2D eigenvalue weighted by Gasteiger charge is 2.15. The van der Waals surface area contributed by atoms with Crippen LogP contribution in [-0.4, -0.2) is 43.1 Å². The van der Waals surface area contributed by atoms with Crippen LogP contribution in [0.4, 0.5) is 4.48 Å². The first-order chi connectivity index (χ1) is 17.5. The summed E-state index contributed by atoms with van der Waals surface area (Å²) in [6.45, 7) is 9.70. The first-order valence-electron chi connectivity index (χ1n) is 15.4. The molecule has 0 bridgehead atoms. The lowest BCUT2D eigenvalue weighted by Crippen LogP contribution is -2.36. The van der Waals surface area contributed by atoms with Gasteiger partial charge in [-0.05, 0) is 37.5 Å². The highest BCUT2D eigenvalue weighted by molar-refractivity contribution is 5.76. The maximum atomic E-state index is 14.2. The van der Waals surface area contributed by atoms with Gasteiger partial charge in [-0.15, -0.1) is 9.60 Å². The minimum atomic E-state index is 0.0300. The molecule has 2 atom stereocenters. The maximum Gasteiger partial charge on any atom is 0.220 e. The Morgan fingerprint density at radius 1 is 0.583 bits per heavy atom. The minimum absolute atomic E-state index is 0.0300. The Morgan fingerprint density at radius 2 is 0.944 bits per heavy atom. The highest BCUT2D eigenvalue weighted by atomic mass is 19.2. The average molecular weight is 514 g/mol. The third-order valence-corrected chi connectivity index (χ3v) is 7.17. The van der Waals surface area contributed by atoms with Crippen LogP contribution in [0.5, 0.6) is 0 Å². The van der Waals surface area contributed by atoms with Gasteiger partial charge in [0, 0.05) is 39.0 Å². The highest BCUT2D eigenvalue weighted by Crippen LogP contribution is 2.22. The molecule has 0 aromatic rings. The van der Waals surface area contributed by atoms with E-state index in [4.69, 9.17) is 0 Å². The molecule has 0 aliphatic carbocycles. The molecule has 0 rings (SSSR count). The van der Waals surface area contributed by atoms with Gasteiger partial charge in [0.2, 0.25) is 11.8 Å². The summed E-state index contributed by atoms with van der Waals surface area (Å²) in [7, 11) is 0. The fourth-order valence-electron chi connectivity index (χ4n) is 4.83. The van der Waals surface area contributed by atoms with Gasteiger partial charge in [0.1, 0.15) is 0 Å². The number of carbonyl (C=O) groups excluding carboxylic acids is 2. The summed E-state index contributed by atoms with van der Waals surface area (Å²) in [6.07, 6.45) is 20.0. The summed E-state index contributed by atoms with van der Waals surface area (Å²) >= 11 is 0. The quantitative estimate of drug-likeness (QED) is 0.0918. The van der Waals surface area contributed by atoms with Gasteiger partial charge in [-0.3, -0.25) is 9.59 Å². The topological polar surface area (TPSA) is 61.4 Å². The second kappa shape index (κ2) is 25.5. The molecule has 0 fully saturated rings. The number of nitrogens with one attached hydrogen (secondary N) is 2. The van der Waals surface area contributed by atoms with Crippen molar-refractivity contribution in [1.29, 1.82) is 0 Å². The summed E-state index contributed by atoms with van der Waals surface area (Å²) in [6, 6.07) is 0. The van der Waals surface area contributed by atoms with Crippen molar-refractivity contribution in [2.75, 3.05) is 26.2 Å². The van der Waals surface area contributed by atoms with Gasteiger partial charge in [-0.1, -0.05) is 105 Å². The van der Waals surface area contributed by atoms with Gasteiger partial charge in [-0.25, -0.2) is 0 Å². The zero-order chi connectivity index (χ0) is 26.9. The van der Waals surface area contributed by atoms with Crippen LogP contribution in [0, 0.1) is 11.8 Å². The lowest BCUT2D eigenvalue weighted by molar-refractivity contribution is -0.122. The van der Waals surface area contributed by atoms with Gasteiger partial charge in [0.05, 0.1) is 0 Å². The van der Waals surface area contributed by atoms with Crippen molar-refractivity contribution in [3.8, 4) is 0 Å². The van der Waals surface area contributed by atoms with E-state index < -0.39 is 0 Å². The van der Waals surface area contributed by atoms with Gasteiger partial charge >= 0.3 is 0 Å². The van der Waals surface area contributed by atoms with Gasteiger partial charge < -0.3 is 10.6 Å². The Bertz CT molecular complexity index is 518. The number of rotatable bonds is 26. The van der Waals surface area contributed by atoms with Crippen molar-refractivity contribution in [2.45, 2.75) is 143 Å². The fraction of sp³-hybridized carbons (Fsp3) is 0.933. The molecule has 0 aromatic heterocycles. The molecule has 2 amide bonds. The number of nitrogens with zero attached hydrogens (tertiary/aromatic N) is 1. The Kier molecular flexibility index (Phi) is 24.7. The standard InChI is InChI=1S/C30H60FN3O2/c1-5-9-13-16-20-28(19-15-11-7-3)26-30(36)33-22-24-34(31)23-21-32-29(35)25-27(17-12-8-4)18-14-10-6-2/h27-28H,5-26H2,1-4H3,(H,32,35)(H,33,36). The van der Waals surface area contributed by atoms with Gasteiger partial charge in [0.25, 0.3) is 0 Å². The average Bonchev–Trinajstić information content (AvgIpc) is 2.85. The van der Waals surface area contributed by atoms with Crippen molar-refractivity contribution in [3.05, 3.63) is 0 Å². The van der Waals surface area contributed by atoms with E-state index in [2.05, 4.69) is 38.3 Å². The summed E-state index contributed by atoms with van der Waals surface area (Å²) in [5.74, 6) is 0.941. The summed E-state index contributed by atoms with van der Waals surface area (Å²) in [4.78, 5) is 24.8. The Hall–Kier alpha value is -1.17. The molecule has 0 heterocycles. The number of unbranched alkanes of at least 4 members (excludes halogenated alkanes) is 8. The molecule has 0 aliphatic rings. The van der Waals surface area contributed by atoms with E-state index >= 15 is 0 Å². The predicted octanol–water partition coefficient (Wildman–Crippen LogP) is 7.74. The molecule has 2 N–H and O–H groups in total. The fourth-order valence-corrected chi connectivity index (χ4v) is 4.83. The molecule has 5 nitrogen and oxygen atoms in total. The van der Waals surface area contributed by atoms with Crippen molar-refractivity contribution in [1.82, 2.24) is 15.8 Å². The van der Waals surface area contributed by atoms with Crippen molar-refractivity contribution < 1.29 is 14.1 Å².